The molecule has 1 aliphatic rings. The van der Waals surface area contributed by atoms with Gasteiger partial charge in [0.1, 0.15) is 4.83 Å². The minimum Gasteiger partial charge on any atom is -0.493 e. The zero-order valence-electron chi connectivity index (χ0n) is 21.3. The number of benzene rings is 3. The summed E-state index contributed by atoms with van der Waals surface area (Å²) >= 11 is 1.52. The van der Waals surface area contributed by atoms with Crippen LogP contribution in [0.25, 0.3) is 21.0 Å². The number of hydrogen-bond acceptors (Lipinski definition) is 6. The lowest BCUT2D eigenvalue weighted by Gasteiger charge is -2.27. The Kier molecular flexibility index (Phi) is 6.33. The van der Waals surface area contributed by atoms with Gasteiger partial charge in [0.05, 0.1) is 32.5 Å². The molecule has 3 heterocycles. The SMILES string of the molecule is COc1ccc(CCn2cnc3sc4c(c3c2=O)CCN(C(=O)c2cccc3ccccc23)C4)cc1OC. The molecule has 2 aromatic heterocycles. The number of carbonyl (C=O) groups excluding carboxylic acids is 1. The van der Waals surface area contributed by atoms with E-state index in [-0.39, 0.29) is 11.5 Å². The van der Waals surface area contributed by atoms with Gasteiger partial charge in [0, 0.05) is 23.5 Å². The molecule has 0 fully saturated rings. The summed E-state index contributed by atoms with van der Waals surface area (Å²) in [4.78, 5) is 35.3. The van der Waals surface area contributed by atoms with Gasteiger partial charge in [-0.1, -0.05) is 42.5 Å². The number of ether oxygens (including phenoxy) is 2. The first-order chi connectivity index (χ1) is 18.6. The van der Waals surface area contributed by atoms with Crippen molar-refractivity contribution in [2.24, 2.45) is 0 Å². The summed E-state index contributed by atoms with van der Waals surface area (Å²) in [5, 5.41) is 2.70. The highest BCUT2D eigenvalue weighted by atomic mass is 32.1. The normalized spacial score (nSPS) is 13.1. The summed E-state index contributed by atoms with van der Waals surface area (Å²) in [7, 11) is 3.22. The van der Waals surface area contributed by atoms with E-state index in [4.69, 9.17) is 9.47 Å². The maximum Gasteiger partial charge on any atom is 0.262 e. The van der Waals surface area contributed by atoms with Crippen molar-refractivity contribution in [2.45, 2.75) is 25.9 Å². The van der Waals surface area contributed by atoms with E-state index in [9.17, 15) is 9.59 Å². The number of aryl methyl sites for hydroxylation is 2. The first kappa shape index (κ1) is 24.2. The van der Waals surface area contributed by atoms with Gasteiger partial charge >= 0.3 is 0 Å². The van der Waals surface area contributed by atoms with Gasteiger partial charge in [0.2, 0.25) is 0 Å². The van der Waals surface area contributed by atoms with Crippen LogP contribution in [0.1, 0.15) is 26.4 Å². The Hall–Kier alpha value is -4.17. The van der Waals surface area contributed by atoms with Gasteiger partial charge in [-0.3, -0.25) is 14.2 Å². The summed E-state index contributed by atoms with van der Waals surface area (Å²) < 4.78 is 12.4. The predicted octanol–water partition coefficient (Wildman–Crippen LogP) is 5.07. The molecule has 3 aromatic carbocycles. The molecule has 8 heteroatoms. The van der Waals surface area contributed by atoms with Crippen LogP contribution in [0.4, 0.5) is 0 Å². The number of methoxy groups -OCH3 is 2. The lowest BCUT2D eigenvalue weighted by molar-refractivity contribution is 0.0739. The maximum atomic E-state index is 13.5. The minimum absolute atomic E-state index is 0.0187. The highest BCUT2D eigenvalue weighted by molar-refractivity contribution is 7.18. The number of rotatable bonds is 6. The van der Waals surface area contributed by atoms with Crippen LogP contribution in [0.5, 0.6) is 11.5 Å². The zero-order valence-corrected chi connectivity index (χ0v) is 22.1. The molecule has 0 bridgehead atoms. The molecule has 5 aromatic rings. The van der Waals surface area contributed by atoms with E-state index in [1.807, 2.05) is 65.6 Å². The molecule has 0 N–H and O–H groups in total. The first-order valence-electron chi connectivity index (χ1n) is 12.5. The van der Waals surface area contributed by atoms with Crippen LogP contribution in [0.3, 0.4) is 0 Å². The molecule has 1 aliphatic heterocycles. The summed E-state index contributed by atoms with van der Waals surface area (Å²) in [6, 6.07) is 19.6. The molecule has 0 saturated heterocycles. The average molecular weight is 526 g/mol. The molecule has 1 amide bonds. The Bertz CT molecular complexity index is 1730. The molecule has 0 atom stereocenters. The quantitative estimate of drug-likeness (QED) is 0.310. The topological polar surface area (TPSA) is 73.7 Å². The van der Waals surface area contributed by atoms with Crippen molar-refractivity contribution in [3.8, 4) is 11.5 Å². The van der Waals surface area contributed by atoms with E-state index >= 15 is 0 Å². The third-order valence-electron chi connectivity index (χ3n) is 7.22. The highest BCUT2D eigenvalue weighted by Gasteiger charge is 2.27. The van der Waals surface area contributed by atoms with Crippen molar-refractivity contribution in [3.63, 3.8) is 0 Å². The molecular formula is C30H27N3O4S. The van der Waals surface area contributed by atoms with Crippen LogP contribution in [-0.2, 0) is 25.9 Å². The lowest BCUT2D eigenvalue weighted by Crippen LogP contribution is -2.35. The number of nitrogens with zero attached hydrogens (tertiary/aromatic N) is 3. The minimum atomic E-state index is -0.0261. The fraction of sp³-hybridized carbons (Fsp3) is 0.233. The Balaban J connectivity index is 1.25. The van der Waals surface area contributed by atoms with Crippen molar-refractivity contribution in [1.29, 1.82) is 0 Å². The Morgan fingerprint density at radius 3 is 2.68 bits per heavy atom. The third kappa shape index (κ3) is 4.20. The van der Waals surface area contributed by atoms with Crippen LogP contribution in [0.15, 0.2) is 71.8 Å². The van der Waals surface area contributed by atoms with Gasteiger partial charge in [-0.2, -0.15) is 0 Å². The van der Waals surface area contributed by atoms with E-state index in [2.05, 4.69) is 4.98 Å². The summed E-state index contributed by atoms with van der Waals surface area (Å²) in [5.74, 6) is 1.36. The fourth-order valence-corrected chi connectivity index (χ4v) is 6.41. The molecule has 0 aliphatic carbocycles. The van der Waals surface area contributed by atoms with E-state index in [0.717, 1.165) is 31.6 Å². The van der Waals surface area contributed by atoms with Gasteiger partial charge in [-0.05, 0) is 52.9 Å². The molecule has 6 rings (SSSR count). The van der Waals surface area contributed by atoms with Gasteiger partial charge in [0.25, 0.3) is 11.5 Å². The molecule has 0 unspecified atom stereocenters. The maximum absolute atomic E-state index is 13.5. The number of fused-ring (bicyclic) bond motifs is 4. The molecule has 0 saturated carbocycles. The van der Waals surface area contributed by atoms with Gasteiger partial charge in [-0.15, -0.1) is 11.3 Å². The number of amides is 1. The van der Waals surface area contributed by atoms with E-state index in [1.54, 1.807) is 25.1 Å². The second kappa shape index (κ2) is 9.95. The predicted molar refractivity (Wildman–Crippen MR) is 150 cm³/mol. The van der Waals surface area contributed by atoms with Crippen molar-refractivity contribution in [1.82, 2.24) is 14.5 Å². The van der Waals surface area contributed by atoms with Crippen LogP contribution in [-0.4, -0.2) is 41.1 Å². The van der Waals surface area contributed by atoms with Gasteiger partial charge in [-0.25, -0.2) is 4.98 Å². The average Bonchev–Trinajstić information content (AvgIpc) is 3.34. The van der Waals surface area contributed by atoms with Crippen molar-refractivity contribution in [3.05, 3.63) is 98.9 Å². The molecule has 0 spiro atoms. The lowest BCUT2D eigenvalue weighted by atomic mass is 10.0. The smallest absolute Gasteiger partial charge is 0.262 e. The molecule has 38 heavy (non-hydrogen) atoms. The van der Waals surface area contributed by atoms with E-state index in [0.29, 0.717) is 54.9 Å². The highest BCUT2D eigenvalue weighted by Crippen LogP contribution is 2.33. The van der Waals surface area contributed by atoms with Crippen LogP contribution < -0.4 is 15.0 Å². The number of aromatic nitrogens is 2. The second-order valence-corrected chi connectivity index (χ2v) is 10.5. The third-order valence-corrected chi connectivity index (χ3v) is 8.35. The Morgan fingerprint density at radius 2 is 1.84 bits per heavy atom. The monoisotopic (exact) mass is 525 g/mol. The number of carbonyl (C=O) groups is 1. The molecular weight excluding hydrogens is 498 g/mol. The Labute approximate surface area is 223 Å². The van der Waals surface area contributed by atoms with E-state index in [1.165, 1.54) is 11.3 Å². The van der Waals surface area contributed by atoms with Gasteiger partial charge in [0.15, 0.2) is 11.5 Å². The first-order valence-corrected chi connectivity index (χ1v) is 13.4. The van der Waals surface area contributed by atoms with E-state index < -0.39 is 0 Å². The molecule has 0 radical (unpaired) electrons. The largest absolute Gasteiger partial charge is 0.493 e. The fourth-order valence-electron chi connectivity index (χ4n) is 5.22. The molecule has 192 valence electrons. The zero-order chi connectivity index (χ0) is 26.2. The Morgan fingerprint density at radius 1 is 1.03 bits per heavy atom. The van der Waals surface area contributed by atoms with Crippen molar-refractivity contribution >= 4 is 38.2 Å². The summed E-state index contributed by atoms with van der Waals surface area (Å²) in [6.45, 7) is 1.57. The summed E-state index contributed by atoms with van der Waals surface area (Å²) in [6.07, 6.45) is 2.93. The van der Waals surface area contributed by atoms with Crippen molar-refractivity contribution in [2.75, 3.05) is 20.8 Å². The standard InChI is InChI=1S/C30H27N3O4S/c1-36-24-11-10-19(16-25(24)37-2)12-14-33-18-31-28-27(30(33)35)23-13-15-32(17-26(23)38-28)29(34)22-9-5-7-20-6-3-4-8-21(20)22/h3-11,16,18H,12-15,17H2,1-2H3. The molecule has 7 nitrogen and oxygen atoms in total. The summed E-state index contributed by atoms with van der Waals surface area (Å²) in [5.41, 5.74) is 2.76. The van der Waals surface area contributed by atoms with Crippen molar-refractivity contribution < 1.29 is 14.3 Å². The number of thiophene rings is 1. The number of hydrogen-bond donors (Lipinski definition) is 0. The van der Waals surface area contributed by atoms with Crippen LogP contribution >= 0.6 is 11.3 Å². The van der Waals surface area contributed by atoms with Gasteiger partial charge < -0.3 is 14.4 Å². The second-order valence-electron chi connectivity index (χ2n) is 9.37. The van der Waals surface area contributed by atoms with Crippen LogP contribution in [0, 0.1) is 0 Å². The van der Waals surface area contributed by atoms with Crippen LogP contribution in [0.2, 0.25) is 0 Å².